The van der Waals surface area contributed by atoms with E-state index in [4.69, 9.17) is 9.15 Å². The maximum atomic E-state index is 12.1. The summed E-state index contributed by atoms with van der Waals surface area (Å²) < 4.78 is 11.7. The standard InChI is InChI=1S/C30H43NO3/c1-20(32)34-28-21(17-24-7-6-16-33-24)18-27-25-9-8-22-19-23(31-14-4-5-15-31)10-12-29(22,2)26(25)11-13-30(27,28)3/h6-7,16-17,22-23,25-28H,4-5,8-15,18-19H2,1-3H3/b21-17+/t22-,23-,25+,26-,27-,28-,29-,30-/m0/s1. The predicted molar refractivity (Wildman–Crippen MR) is 134 cm³/mol. The van der Waals surface area contributed by atoms with Gasteiger partial charge in [-0.25, -0.2) is 0 Å². The van der Waals surface area contributed by atoms with Crippen molar-refractivity contribution in [3.63, 3.8) is 0 Å². The number of hydrogen-bond donors (Lipinski definition) is 0. The van der Waals surface area contributed by atoms with Crippen molar-refractivity contribution in [2.75, 3.05) is 13.1 Å². The molecule has 2 heterocycles. The number of rotatable bonds is 3. The topological polar surface area (TPSA) is 42.7 Å². The molecule has 6 rings (SSSR count). The van der Waals surface area contributed by atoms with Crippen molar-refractivity contribution in [1.82, 2.24) is 4.90 Å². The molecular weight excluding hydrogens is 422 g/mol. The van der Waals surface area contributed by atoms with Crippen LogP contribution in [0.15, 0.2) is 28.4 Å². The lowest BCUT2D eigenvalue weighted by Gasteiger charge is -2.61. The highest BCUT2D eigenvalue weighted by Crippen LogP contribution is 2.67. The molecule has 0 aromatic carbocycles. The van der Waals surface area contributed by atoms with E-state index in [1.807, 2.05) is 12.1 Å². The largest absolute Gasteiger partial charge is 0.465 e. The third kappa shape index (κ3) is 3.62. The van der Waals surface area contributed by atoms with Gasteiger partial charge in [0.15, 0.2) is 0 Å². The number of likely N-dealkylation sites (tertiary alicyclic amines) is 1. The molecule has 1 aromatic heterocycles. The Morgan fingerprint density at radius 3 is 2.62 bits per heavy atom. The second kappa shape index (κ2) is 8.54. The number of hydrogen-bond acceptors (Lipinski definition) is 4. The Kier molecular flexibility index (Phi) is 5.75. The molecule has 4 aliphatic carbocycles. The van der Waals surface area contributed by atoms with Gasteiger partial charge in [-0.05, 0) is 130 Å². The van der Waals surface area contributed by atoms with E-state index in [1.165, 1.54) is 76.5 Å². The van der Waals surface area contributed by atoms with Crippen molar-refractivity contribution in [3.8, 4) is 0 Å². The summed E-state index contributed by atoms with van der Waals surface area (Å²) in [5, 5.41) is 0. The van der Waals surface area contributed by atoms with Gasteiger partial charge in [-0.1, -0.05) is 13.8 Å². The Balaban J connectivity index is 1.26. The molecule has 1 aliphatic heterocycles. The van der Waals surface area contributed by atoms with Crippen LogP contribution < -0.4 is 0 Å². The summed E-state index contributed by atoms with van der Waals surface area (Å²) in [5.41, 5.74) is 1.80. The maximum absolute atomic E-state index is 12.1. The van der Waals surface area contributed by atoms with Gasteiger partial charge >= 0.3 is 5.97 Å². The highest BCUT2D eigenvalue weighted by molar-refractivity contribution is 5.67. The molecule has 4 heteroatoms. The summed E-state index contributed by atoms with van der Waals surface area (Å²) in [4.78, 5) is 15.0. The summed E-state index contributed by atoms with van der Waals surface area (Å²) in [6, 6.07) is 4.79. The number of esters is 1. The monoisotopic (exact) mass is 465 g/mol. The maximum Gasteiger partial charge on any atom is 0.303 e. The molecule has 0 N–H and O–H groups in total. The molecule has 1 aromatic rings. The van der Waals surface area contributed by atoms with Crippen molar-refractivity contribution in [2.24, 2.45) is 34.5 Å². The average molecular weight is 466 g/mol. The molecule has 0 amide bonds. The summed E-state index contributed by atoms with van der Waals surface area (Å²) in [5.74, 6) is 3.79. The first-order valence-electron chi connectivity index (χ1n) is 14.0. The first-order valence-corrected chi connectivity index (χ1v) is 14.0. The Morgan fingerprint density at radius 1 is 1.09 bits per heavy atom. The number of ether oxygens (including phenoxy) is 1. The first kappa shape index (κ1) is 22.9. The van der Waals surface area contributed by atoms with E-state index in [0.29, 0.717) is 11.3 Å². The highest BCUT2D eigenvalue weighted by atomic mass is 16.5. The number of fused-ring (bicyclic) bond motifs is 5. The quantitative estimate of drug-likeness (QED) is 0.465. The van der Waals surface area contributed by atoms with Crippen LogP contribution in [0, 0.1) is 34.5 Å². The fourth-order valence-electron chi connectivity index (χ4n) is 9.58. The van der Waals surface area contributed by atoms with E-state index in [2.05, 4.69) is 24.8 Å². The molecule has 8 atom stereocenters. The lowest BCUT2D eigenvalue weighted by atomic mass is 9.45. The van der Waals surface area contributed by atoms with Crippen LogP contribution in [-0.2, 0) is 9.53 Å². The van der Waals surface area contributed by atoms with Crippen molar-refractivity contribution >= 4 is 12.0 Å². The van der Waals surface area contributed by atoms with E-state index in [1.54, 1.807) is 13.2 Å². The smallest absolute Gasteiger partial charge is 0.303 e. The Morgan fingerprint density at radius 2 is 1.88 bits per heavy atom. The van der Waals surface area contributed by atoms with Gasteiger partial charge in [0.25, 0.3) is 0 Å². The van der Waals surface area contributed by atoms with Crippen molar-refractivity contribution in [2.45, 2.75) is 97.1 Å². The van der Waals surface area contributed by atoms with Crippen LogP contribution in [0.5, 0.6) is 0 Å². The van der Waals surface area contributed by atoms with Crippen LogP contribution in [0.1, 0.15) is 90.7 Å². The van der Waals surface area contributed by atoms with Gasteiger partial charge in [0.1, 0.15) is 11.9 Å². The first-order chi connectivity index (χ1) is 16.4. The molecule has 4 saturated carbocycles. The Bertz CT molecular complexity index is 931. The normalized spacial score (nSPS) is 45.6. The molecule has 34 heavy (non-hydrogen) atoms. The van der Waals surface area contributed by atoms with Gasteiger partial charge in [0.2, 0.25) is 0 Å². The van der Waals surface area contributed by atoms with Crippen LogP contribution in [0.3, 0.4) is 0 Å². The molecular formula is C30H43NO3. The van der Waals surface area contributed by atoms with Crippen LogP contribution in [0.4, 0.5) is 0 Å². The third-order valence-electron chi connectivity index (χ3n) is 11.3. The highest BCUT2D eigenvalue weighted by Gasteiger charge is 2.62. The van der Waals surface area contributed by atoms with E-state index in [-0.39, 0.29) is 17.5 Å². The third-order valence-corrected chi connectivity index (χ3v) is 11.3. The molecule has 5 fully saturated rings. The van der Waals surface area contributed by atoms with E-state index < -0.39 is 0 Å². The van der Waals surface area contributed by atoms with Crippen molar-refractivity contribution in [1.29, 1.82) is 0 Å². The number of furan rings is 1. The zero-order valence-corrected chi connectivity index (χ0v) is 21.4. The van der Waals surface area contributed by atoms with E-state index in [0.717, 1.165) is 36.0 Å². The molecule has 0 radical (unpaired) electrons. The number of nitrogens with zero attached hydrogens (tertiary/aromatic N) is 1. The molecule has 0 spiro atoms. The fraction of sp³-hybridized carbons (Fsp3) is 0.767. The van der Waals surface area contributed by atoms with E-state index >= 15 is 0 Å². The summed E-state index contributed by atoms with van der Waals surface area (Å²) >= 11 is 0. The number of carbonyl (C=O) groups excluding carboxylic acids is 1. The second-order valence-corrected chi connectivity index (χ2v) is 12.8. The zero-order valence-electron chi connectivity index (χ0n) is 21.4. The minimum Gasteiger partial charge on any atom is -0.465 e. The minimum atomic E-state index is -0.157. The fourth-order valence-corrected chi connectivity index (χ4v) is 9.58. The summed E-state index contributed by atoms with van der Waals surface area (Å²) in [6.07, 6.45) is 17.1. The minimum absolute atomic E-state index is 0.0429. The summed E-state index contributed by atoms with van der Waals surface area (Å²) in [7, 11) is 0. The molecule has 1 saturated heterocycles. The van der Waals surface area contributed by atoms with Gasteiger partial charge < -0.3 is 14.1 Å². The van der Waals surface area contributed by atoms with E-state index in [9.17, 15) is 4.79 Å². The molecule has 5 aliphatic rings. The lowest BCUT2D eigenvalue weighted by molar-refractivity contribution is -0.160. The van der Waals surface area contributed by atoms with Crippen molar-refractivity contribution in [3.05, 3.63) is 29.7 Å². The molecule has 186 valence electrons. The summed E-state index contributed by atoms with van der Waals surface area (Å²) in [6.45, 7) is 9.32. The SMILES string of the molecule is CC(=O)O[C@H]1/C(=C/c2ccco2)C[C@H]2[C@@H]3CC[C@H]4C[C@@H](N5CCCC5)CC[C@]4(C)[C@H]3CC[C@]12C. The van der Waals surface area contributed by atoms with Crippen LogP contribution in [0.25, 0.3) is 6.08 Å². The second-order valence-electron chi connectivity index (χ2n) is 12.8. The molecule has 0 unspecified atom stereocenters. The Hall–Kier alpha value is -1.55. The molecule has 4 nitrogen and oxygen atoms in total. The molecule has 0 bridgehead atoms. The van der Waals surface area contributed by atoms with Gasteiger partial charge in [0.05, 0.1) is 6.26 Å². The number of carbonyl (C=O) groups is 1. The van der Waals surface area contributed by atoms with Gasteiger partial charge in [0, 0.05) is 18.4 Å². The van der Waals surface area contributed by atoms with Gasteiger partial charge in [-0.15, -0.1) is 0 Å². The van der Waals surface area contributed by atoms with Gasteiger partial charge in [-0.3, -0.25) is 4.79 Å². The predicted octanol–water partition coefficient (Wildman–Crippen LogP) is 6.71. The van der Waals surface area contributed by atoms with Crippen LogP contribution >= 0.6 is 0 Å². The average Bonchev–Trinajstić information content (AvgIpc) is 3.56. The van der Waals surface area contributed by atoms with Crippen LogP contribution in [-0.4, -0.2) is 36.1 Å². The van der Waals surface area contributed by atoms with Crippen molar-refractivity contribution < 1.29 is 13.9 Å². The zero-order chi connectivity index (χ0) is 23.5. The Labute approximate surface area is 205 Å². The van der Waals surface area contributed by atoms with Gasteiger partial charge in [-0.2, -0.15) is 0 Å². The lowest BCUT2D eigenvalue weighted by Crippen LogP contribution is -2.55. The van der Waals surface area contributed by atoms with Crippen LogP contribution in [0.2, 0.25) is 0 Å².